The lowest BCUT2D eigenvalue weighted by Gasteiger charge is -2.15. The van der Waals surface area contributed by atoms with Crippen LogP contribution in [0.3, 0.4) is 0 Å². The number of carbonyl (C=O) groups is 1. The zero-order chi connectivity index (χ0) is 23.7. The fraction of sp³-hybridized carbons (Fsp3) is 0.160. The number of rotatable bonds is 5. The molecule has 33 heavy (non-hydrogen) atoms. The first-order valence-electron chi connectivity index (χ1n) is 10.2. The van der Waals surface area contributed by atoms with Gasteiger partial charge in [-0.1, -0.05) is 17.7 Å². The number of halogens is 1. The average Bonchev–Trinajstić information content (AvgIpc) is 2.79. The summed E-state index contributed by atoms with van der Waals surface area (Å²) < 4.78 is 7.47. The molecule has 0 bridgehead atoms. The molecular formula is C25H22ClN3O4. The molecule has 0 fully saturated rings. The predicted molar refractivity (Wildman–Crippen MR) is 130 cm³/mol. The van der Waals surface area contributed by atoms with Crippen LogP contribution >= 0.6 is 11.6 Å². The van der Waals surface area contributed by atoms with Crippen LogP contribution in [0.4, 0.5) is 5.69 Å². The topological polar surface area (TPSA) is 82.3 Å². The van der Waals surface area contributed by atoms with E-state index in [1.165, 1.54) is 10.6 Å². The second kappa shape index (κ2) is 8.96. The van der Waals surface area contributed by atoms with Crippen molar-refractivity contribution in [3.63, 3.8) is 0 Å². The van der Waals surface area contributed by atoms with Crippen molar-refractivity contribution in [1.29, 1.82) is 0 Å². The molecule has 4 aromatic rings. The first-order chi connectivity index (χ1) is 15.8. The molecular weight excluding hydrogens is 442 g/mol. The van der Waals surface area contributed by atoms with Gasteiger partial charge in [0.15, 0.2) is 0 Å². The fourth-order valence-electron chi connectivity index (χ4n) is 3.60. The zero-order valence-electron chi connectivity index (χ0n) is 18.4. The number of aryl methyl sites for hydroxylation is 2. The van der Waals surface area contributed by atoms with Crippen LogP contribution in [0.1, 0.15) is 11.1 Å². The molecule has 8 heteroatoms. The van der Waals surface area contributed by atoms with Crippen LogP contribution in [-0.4, -0.2) is 22.2 Å². The van der Waals surface area contributed by atoms with Crippen LogP contribution in [0.2, 0.25) is 5.02 Å². The minimum Gasteiger partial charge on any atom is -0.497 e. The van der Waals surface area contributed by atoms with E-state index in [1.54, 1.807) is 55.6 Å². The van der Waals surface area contributed by atoms with Crippen LogP contribution in [0, 0.1) is 13.8 Å². The van der Waals surface area contributed by atoms with Gasteiger partial charge in [-0.05, 0) is 79.6 Å². The summed E-state index contributed by atoms with van der Waals surface area (Å²) in [7, 11) is 1.56. The Morgan fingerprint density at radius 2 is 1.70 bits per heavy atom. The Bertz CT molecular complexity index is 1490. The Kier molecular flexibility index (Phi) is 6.07. The highest BCUT2D eigenvalue weighted by Crippen LogP contribution is 2.19. The lowest BCUT2D eigenvalue weighted by Crippen LogP contribution is -2.40. The summed E-state index contributed by atoms with van der Waals surface area (Å²) in [5.74, 6) is 0.235. The minimum absolute atomic E-state index is 0.287. The molecule has 1 heterocycles. The Labute approximate surface area is 194 Å². The second-order valence-corrected chi connectivity index (χ2v) is 8.15. The number of fused-ring (bicyclic) bond motifs is 1. The summed E-state index contributed by atoms with van der Waals surface area (Å²) in [6, 6.07) is 16.9. The number of nitrogens with zero attached hydrogens (tertiary/aromatic N) is 2. The van der Waals surface area contributed by atoms with E-state index in [4.69, 9.17) is 16.3 Å². The van der Waals surface area contributed by atoms with Crippen molar-refractivity contribution in [1.82, 2.24) is 9.13 Å². The van der Waals surface area contributed by atoms with Gasteiger partial charge in [-0.15, -0.1) is 0 Å². The maximum atomic E-state index is 13.5. The third-order valence-electron chi connectivity index (χ3n) is 5.53. The van der Waals surface area contributed by atoms with Crippen LogP contribution in [0.15, 0.2) is 70.3 Å². The normalized spacial score (nSPS) is 10.9. The predicted octanol–water partition coefficient (Wildman–Crippen LogP) is 4.07. The van der Waals surface area contributed by atoms with Crippen molar-refractivity contribution in [2.45, 2.75) is 20.4 Å². The van der Waals surface area contributed by atoms with Gasteiger partial charge in [-0.25, -0.2) is 9.36 Å². The number of carbonyl (C=O) groups excluding carboxylic acids is 1. The molecule has 0 spiro atoms. The van der Waals surface area contributed by atoms with E-state index in [0.29, 0.717) is 27.7 Å². The van der Waals surface area contributed by atoms with E-state index in [9.17, 15) is 14.4 Å². The number of anilines is 1. The molecule has 1 aromatic heterocycles. The van der Waals surface area contributed by atoms with Crippen LogP contribution < -0.4 is 21.3 Å². The van der Waals surface area contributed by atoms with Crippen molar-refractivity contribution in [2.75, 3.05) is 12.4 Å². The Hall–Kier alpha value is -3.84. The summed E-state index contributed by atoms with van der Waals surface area (Å²) in [5, 5.41) is 3.41. The van der Waals surface area contributed by atoms with Crippen molar-refractivity contribution < 1.29 is 9.53 Å². The van der Waals surface area contributed by atoms with E-state index in [2.05, 4.69) is 5.32 Å². The molecule has 0 aliphatic heterocycles. The molecule has 0 aliphatic rings. The third-order valence-corrected chi connectivity index (χ3v) is 5.77. The Balaban J connectivity index is 1.83. The highest BCUT2D eigenvalue weighted by molar-refractivity contribution is 6.31. The molecule has 0 saturated heterocycles. The fourth-order valence-corrected chi connectivity index (χ4v) is 3.77. The zero-order valence-corrected chi connectivity index (χ0v) is 19.1. The highest BCUT2D eigenvalue weighted by Gasteiger charge is 2.17. The quantitative estimate of drug-likeness (QED) is 0.483. The molecule has 4 rings (SSSR count). The lowest BCUT2D eigenvalue weighted by molar-refractivity contribution is -0.116. The number of hydrogen-bond donors (Lipinski definition) is 1. The van der Waals surface area contributed by atoms with Crippen LogP contribution in [0.5, 0.6) is 5.75 Å². The molecule has 0 radical (unpaired) electrons. The highest BCUT2D eigenvalue weighted by atomic mass is 35.5. The molecule has 3 aromatic carbocycles. The van der Waals surface area contributed by atoms with Gasteiger partial charge in [0.05, 0.1) is 23.7 Å². The van der Waals surface area contributed by atoms with Gasteiger partial charge in [-0.3, -0.25) is 14.2 Å². The number of benzene rings is 3. The summed E-state index contributed by atoms with van der Waals surface area (Å²) in [6.07, 6.45) is 0. The van der Waals surface area contributed by atoms with Crippen LogP contribution in [-0.2, 0) is 11.3 Å². The molecule has 0 aliphatic carbocycles. The standard InChI is InChI=1S/C25H22ClN3O4/c1-15-4-8-19(12-16(15)2)29-24(31)21-11-5-17(26)13-22(21)28(25(29)32)14-23(30)27-18-6-9-20(33-3)10-7-18/h4-13H,14H2,1-3H3,(H,27,30). The first-order valence-corrected chi connectivity index (χ1v) is 10.6. The summed E-state index contributed by atoms with van der Waals surface area (Å²) in [4.78, 5) is 39.5. The van der Waals surface area contributed by atoms with E-state index >= 15 is 0 Å². The van der Waals surface area contributed by atoms with Crippen molar-refractivity contribution in [2.24, 2.45) is 0 Å². The number of hydrogen-bond acceptors (Lipinski definition) is 4. The number of nitrogens with one attached hydrogen (secondary N) is 1. The summed E-state index contributed by atoms with van der Waals surface area (Å²) >= 11 is 6.15. The number of amides is 1. The van der Waals surface area contributed by atoms with Crippen molar-refractivity contribution >= 4 is 34.1 Å². The summed E-state index contributed by atoms with van der Waals surface area (Å²) in [6.45, 7) is 3.56. The second-order valence-electron chi connectivity index (χ2n) is 7.72. The summed E-state index contributed by atoms with van der Waals surface area (Å²) in [5.41, 5.74) is 2.18. The molecule has 1 amide bonds. The Morgan fingerprint density at radius 3 is 2.36 bits per heavy atom. The molecule has 7 nitrogen and oxygen atoms in total. The van der Waals surface area contributed by atoms with Gasteiger partial charge < -0.3 is 10.1 Å². The average molecular weight is 464 g/mol. The lowest BCUT2D eigenvalue weighted by atomic mass is 10.1. The van der Waals surface area contributed by atoms with Crippen LogP contribution in [0.25, 0.3) is 16.6 Å². The third kappa shape index (κ3) is 4.40. The van der Waals surface area contributed by atoms with Gasteiger partial charge in [0.1, 0.15) is 12.3 Å². The van der Waals surface area contributed by atoms with Gasteiger partial charge in [0.2, 0.25) is 5.91 Å². The Morgan fingerprint density at radius 1 is 0.970 bits per heavy atom. The maximum absolute atomic E-state index is 13.5. The van der Waals surface area contributed by atoms with Gasteiger partial charge in [-0.2, -0.15) is 0 Å². The van der Waals surface area contributed by atoms with E-state index in [1.807, 2.05) is 19.9 Å². The largest absolute Gasteiger partial charge is 0.497 e. The SMILES string of the molecule is COc1ccc(NC(=O)Cn2c(=O)n(-c3ccc(C)c(C)c3)c(=O)c3ccc(Cl)cc32)cc1. The smallest absolute Gasteiger partial charge is 0.336 e. The molecule has 1 N–H and O–H groups in total. The van der Waals surface area contributed by atoms with Gasteiger partial charge >= 0.3 is 5.69 Å². The van der Waals surface area contributed by atoms with E-state index in [0.717, 1.165) is 15.7 Å². The number of aromatic nitrogens is 2. The number of ether oxygens (including phenoxy) is 1. The van der Waals surface area contributed by atoms with Gasteiger partial charge in [0, 0.05) is 10.7 Å². The maximum Gasteiger partial charge on any atom is 0.336 e. The number of methoxy groups -OCH3 is 1. The molecule has 0 unspecified atom stereocenters. The molecule has 168 valence electrons. The van der Waals surface area contributed by atoms with E-state index < -0.39 is 17.2 Å². The van der Waals surface area contributed by atoms with Gasteiger partial charge in [0.25, 0.3) is 5.56 Å². The minimum atomic E-state index is -0.622. The van der Waals surface area contributed by atoms with E-state index in [-0.39, 0.29) is 11.9 Å². The van der Waals surface area contributed by atoms with Crippen molar-refractivity contribution in [3.05, 3.63) is 97.7 Å². The first kappa shape index (κ1) is 22.4. The monoisotopic (exact) mass is 463 g/mol. The molecule has 0 saturated carbocycles. The molecule has 0 atom stereocenters. The van der Waals surface area contributed by atoms with Crippen molar-refractivity contribution in [3.8, 4) is 11.4 Å².